The largest absolute Gasteiger partial charge is 0.368 e. The number of fused-ring (bicyclic) bond motifs is 3. The van der Waals surface area contributed by atoms with Gasteiger partial charge in [-0.15, -0.1) is 0 Å². The Morgan fingerprint density at radius 2 is 1.72 bits per heavy atom. The summed E-state index contributed by atoms with van der Waals surface area (Å²) in [6, 6.07) is 15.8. The number of carbonyl (C=O) groups excluding carboxylic acids is 1. The van der Waals surface area contributed by atoms with Gasteiger partial charge in [-0.1, -0.05) is 18.2 Å². The SMILES string of the molecule is CC(C)(C#N)c1ccc(N2C(=O)Cc3cnc4ccc(-c5cnc(N)nc5)cc4c32)cc1. The molecule has 0 aliphatic carbocycles. The quantitative estimate of drug-likeness (QED) is 0.529. The van der Waals surface area contributed by atoms with Gasteiger partial charge in [-0.2, -0.15) is 5.26 Å². The van der Waals surface area contributed by atoms with Gasteiger partial charge in [0.15, 0.2) is 0 Å². The maximum absolute atomic E-state index is 13.0. The van der Waals surface area contributed by atoms with Gasteiger partial charge in [0.2, 0.25) is 11.9 Å². The second kappa shape index (κ2) is 7.13. The van der Waals surface area contributed by atoms with E-state index < -0.39 is 5.41 Å². The predicted molar refractivity (Wildman–Crippen MR) is 123 cm³/mol. The van der Waals surface area contributed by atoms with Crippen LogP contribution in [0.5, 0.6) is 0 Å². The van der Waals surface area contributed by atoms with Gasteiger partial charge in [-0.05, 0) is 49.2 Å². The third kappa shape index (κ3) is 3.13. The van der Waals surface area contributed by atoms with Crippen molar-refractivity contribution in [3.8, 4) is 17.2 Å². The van der Waals surface area contributed by atoms with E-state index in [1.165, 1.54) is 0 Å². The molecule has 0 saturated heterocycles. The number of carbonyl (C=O) groups is 1. The normalized spacial score (nSPS) is 13.3. The summed E-state index contributed by atoms with van der Waals surface area (Å²) in [5.41, 5.74) is 11.0. The summed E-state index contributed by atoms with van der Waals surface area (Å²) in [4.78, 5) is 27.5. The van der Waals surface area contributed by atoms with Crippen LogP contribution in [0.25, 0.3) is 22.0 Å². The lowest BCUT2D eigenvalue weighted by molar-refractivity contribution is -0.116. The summed E-state index contributed by atoms with van der Waals surface area (Å²) in [6.07, 6.45) is 5.42. The van der Waals surface area contributed by atoms with Crippen LogP contribution in [0.2, 0.25) is 0 Å². The van der Waals surface area contributed by atoms with Gasteiger partial charge in [-0.3, -0.25) is 14.7 Å². The number of nitrogens with zero attached hydrogens (tertiary/aromatic N) is 5. The van der Waals surface area contributed by atoms with E-state index in [4.69, 9.17) is 5.73 Å². The molecule has 1 aliphatic heterocycles. The topological polar surface area (TPSA) is 109 Å². The molecule has 0 atom stereocenters. The molecule has 2 N–H and O–H groups in total. The predicted octanol–water partition coefficient (Wildman–Crippen LogP) is 4.30. The summed E-state index contributed by atoms with van der Waals surface area (Å²) in [5.74, 6) is 0.208. The second-order valence-corrected chi connectivity index (χ2v) is 8.38. The smallest absolute Gasteiger partial charge is 0.236 e. The molecule has 1 aliphatic rings. The van der Waals surface area contributed by atoms with E-state index in [2.05, 4.69) is 21.0 Å². The van der Waals surface area contributed by atoms with Crippen LogP contribution in [0.15, 0.2) is 61.1 Å². The average Bonchev–Trinajstić information content (AvgIpc) is 3.15. The molecule has 2 aromatic carbocycles. The highest BCUT2D eigenvalue weighted by Crippen LogP contribution is 2.41. The van der Waals surface area contributed by atoms with Crippen LogP contribution in [-0.2, 0) is 16.6 Å². The molecule has 4 aromatic rings. The van der Waals surface area contributed by atoms with Crippen molar-refractivity contribution in [2.75, 3.05) is 10.6 Å². The van der Waals surface area contributed by atoms with Crippen LogP contribution < -0.4 is 10.6 Å². The molecule has 0 saturated carbocycles. The van der Waals surface area contributed by atoms with Crippen LogP contribution in [0.4, 0.5) is 17.3 Å². The number of benzene rings is 2. The van der Waals surface area contributed by atoms with E-state index in [-0.39, 0.29) is 11.9 Å². The zero-order valence-electron chi connectivity index (χ0n) is 17.7. The van der Waals surface area contributed by atoms with E-state index in [0.29, 0.717) is 6.42 Å². The molecule has 1 amide bonds. The first-order chi connectivity index (χ1) is 15.4. The Morgan fingerprint density at radius 3 is 2.41 bits per heavy atom. The van der Waals surface area contributed by atoms with E-state index in [1.54, 1.807) is 23.5 Å². The third-order valence-electron chi connectivity index (χ3n) is 5.86. The Bertz CT molecular complexity index is 1400. The van der Waals surface area contributed by atoms with E-state index >= 15 is 0 Å². The Kier molecular flexibility index (Phi) is 4.38. The van der Waals surface area contributed by atoms with Crippen LogP contribution in [0.3, 0.4) is 0 Å². The van der Waals surface area contributed by atoms with Crippen LogP contribution >= 0.6 is 0 Å². The number of amides is 1. The lowest BCUT2D eigenvalue weighted by atomic mass is 9.86. The first kappa shape index (κ1) is 19.6. The van der Waals surface area contributed by atoms with Crippen molar-refractivity contribution >= 4 is 34.1 Å². The highest BCUT2D eigenvalue weighted by molar-refractivity contribution is 6.14. The summed E-state index contributed by atoms with van der Waals surface area (Å²) in [6.45, 7) is 3.75. The molecule has 0 spiro atoms. The molecule has 0 unspecified atom stereocenters. The highest BCUT2D eigenvalue weighted by Gasteiger charge is 2.31. The van der Waals surface area contributed by atoms with Crippen molar-refractivity contribution in [3.63, 3.8) is 0 Å². The first-order valence-corrected chi connectivity index (χ1v) is 10.2. The number of hydrogen-bond donors (Lipinski definition) is 1. The van der Waals surface area contributed by atoms with Crippen LogP contribution in [0, 0.1) is 11.3 Å². The lowest BCUT2D eigenvalue weighted by Crippen LogP contribution is -2.21. The van der Waals surface area contributed by atoms with Crippen molar-refractivity contribution in [2.24, 2.45) is 0 Å². The maximum atomic E-state index is 13.0. The molecular formula is C25H20N6O. The molecule has 3 heterocycles. The standard InChI is InChI=1S/C25H20N6O/c1-25(2,14-26)18-4-6-19(7-5-18)31-22(32)10-16-11-28-21-8-3-15(9-20(21)23(16)31)17-12-29-24(27)30-13-17/h3-9,11-13H,10H2,1-2H3,(H2,27,29,30). The third-order valence-corrected chi connectivity index (χ3v) is 5.86. The van der Waals surface area contributed by atoms with Crippen LogP contribution in [-0.4, -0.2) is 20.9 Å². The van der Waals surface area contributed by atoms with E-state index in [0.717, 1.165) is 44.5 Å². The molecule has 0 fully saturated rings. The summed E-state index contributed by atoms with van der Waals surface area (Å²) < 4.78 is 0. The van der Waals surface area contributed by atoms with Crippen molar-refractivity contribution in [3.05, 3.63) is 72.2 Å². The Balaban J connectivity index is 1.64. The molecule has 156 valence electrons. The van der Waals surface area contributed by atoms with Gasteiger partial charge in [0.25, 0.3) is 0 Å². The maximum Gasteiger partial charge on any atom is 0.236 e. The minimum Gasteiger partial charge on any atom is -0.368 e. The Morgan fingerprint density at radius 1 is 1.00 bits per heavy atom. The highest BCUT2D eigenvalue weighted by atomic mass is 16.2. The van der Waals surface area contributed by atoms with E-state index in [9.17, 15) is 10.1 Å². The van der Waals surface area contributed by atoms with Crippen molar-refractivity contribution < 1.29 is 4.79 Å². The van der Waals surface area contributed by atoms with Gasteiger partial charge < -0.3 is 5.73 Å². The molecule has 5 rings (SSSR count). The fourth-order valence-corrected chi connectivity index (χ4v) is 4.01. The molecule has 7 nitrogen and oxygen atoms in total. The Hall–Kier alpha value is -4.31. The molecule has 7 heteroatoms. The van der Waals surface area contributed by atoms with Gasteiger partial charge >= 0.3 is 0 Å². The second-order valence-electron chi connectivity index (χ2n) is 8.38. The summed E-state index contributed by atoms with van der Waals surface area (Å²) in [7, 11) is 0. The number of aromatic nitrogens is 3. The van der Waals surface area contributed by atoms with Crippen molar-refractivity contribution in [2.45, 2.75) is 25.7 Å². The Labute approximate surface area is 185 Å². The fourth-order valence-electron chi connectivity index (χ4n) is 4.01. The number of nitrogens with two attached hydrogens (primary N) is 1. The zero-order chi connectivity index (χ0) is 22.5. The minimum atomic E-state index is -0.599. The summed E-state index contributed by atoms with van der Waals surface area (Å²) in [5, 5.41) is 10.3. The molecular weight excluding hydrogens is 400 g/mol. The van der Waals surface area contributed by atoms with E-state index in [1.807, 2.05) is 56.3 Å². The molecule has 2 aromatic heterocycles. The number of nitrogen functional groups attached to an aromatic ring is 1. The monoisotopic (exact) mass is 420 g/mol. The minimum absolute atomic E-state index is 0.0113. The van der Waals surface area contributed by atoms with Gasteiger partial charge in [0.05, 0.1) is 29.1 Å². The molecule has 32 heavy (non-hydrogen) atoms. The number of nitriles is 1. The van der Waals surface area contributed by atoms with Gasteiger partial charge in [-0.25, -0.2) is 9.97 Å². The molecule has 0 radical (unpaired) electrons. The number of anilines is 3. The first-order valence-electron chi connectivity index (χ1n) is 10.2. The zero-order valence-corrected chi connectivity index (χ0v) is 17.7. The van der Waals surface area contributed by atoms with Gasteiger partial charge in [0.1, 0.15) is 0 Å². The number of rotatable bonds is 3. The van der Waals surface area contributed by atoms with Crippen molar-refractivity contribution in [1.29, 1.82) is 5.26 Å². The average molecular weight is 420 g/mol. The number of pyridine rings is 1. The number of hydrogen-bond acceptors (Lipinski definition) is 6. The molecule has 0 bridgehead atoms. The van der Waals surface area contributed by atoms with Crippen LogP contribution in [0.1, 0.15) is 25.0 Å². The lowest BCUT2D eigenvalue weighted by Gasteiger charge is -2.21. The van der Waals surface area contributed by atoms with Crippen molar-refractivity contribution in [1.82, 2.24) is 15.0 Å². The fraction of sp³-hybridized carbons (Fsp3) is 0.160. The van der Waals surface area contributed by atoms with Gasteiger partial charge in [0, 0.05) is 40.8 Å². The summed E-state index contributed by atoms with van der Waals surface area (Å²) >= 11 is 0.